The second-order valence-corrected chi connectivity index (χ2v) is 6.64. The normalized spacial score (nSPS) is 12.3. The monoisotopic (exact) mass is 435 g/mol. The van der Waals surface area contributed by atoms with Crippen LogP contribution >= 0.6 is 43.5 Å². The molecule has 0 aliphatic rings. The first-order valence-corrected chi connectivity index (χ1v) is 8.09. The van der Waals surface area contributed by atoms with Crippen LogP contribution in [0.5, 0.6) is 5.75 Å². The Bertz CT molecular complexity index is 646. The highest BCUT2D eigenvalue weighted by molar-refractivity contribution is 9.10. The zero-order valence-corrected chi connectivity index (χ0v) is 15.3. The van der Waals surface area contributed by atoms with E-state index in [4.69, 9.17) is 16.3 Å². The van der Waals surface area contributed by atoms with Crippen molar-refractivity contribution < 1.29 is 9.13 Å². The van der Waals surface area contributed by atoms with E-state index < -0.39 is 0 Å². The SMILES string of the molecule is CNC(c1cc(F)cc(Br)c1)c1cc(Cl)cc(Br)c1OC. The highest BCUT2D eigenvalue weighted by Crippen LogP contribution is 2.38. The molecule has 0 aliphatic heterocycles. The van der Waals surface area contributed by atoms with E-state index in [9.17, 15) is 4.39 Å². The molecule has 6 heteroatoms. The summed E-state index contributed by atoms with van der Waals surface area (Å²) < 4.78 is 20.5. The topological polar surface area (TPSA) is 21.3 Å². The average molecular weight is 438 g/mol. The fraction of sp³-hybridized carbons (Fsp3) is 0.200. The Kier molecular flexibility index (Phi) is 5.66. The summed E-state index contributed by atoms with van der Waals surface area (Å²) in [6, 6.07) is 8.09. The highest BCUT2D eigenvalue weighted by atomic mass is 79.9. The number of halogens is 4. The van der Waals surface area contributed by atoms with Crippen LogP contribution in [-0.4, -0.2) is 14.2 Å². The Labute approximate surface area is 144 Å². The molecule has 2 aromatic carbocycles. The lowest BCUT2D eigenvalue weighted by molar-refractivity contribution is 0.402. The van der Waals surface area contributed by atoms with Crippen LogP contribution in [0.15, 0.2) is 39.3 Å². The fourth-order valence-corrected chi connectivity index (χ4v) is 3.73. The van der Waals surface area contributed by atoms with Crippen LogP contribution in [0.2, 0.25) is 5.02 Å². The van der Waals surface area contributed by atoms with Crippen LogP contribution in [0, 0.1) is 5.82 Å². The van der Waals surface area contributed by atoms with Gasteiger partial charge in [0, 0.05) is 15.1 Å². The van der Waals surface area contributed by atoms with Gasteiger partial charge >= 0.3 is 0 Å². The molecule has 0 aromatic heterocycles. The van der Waals surface area contributed by atoms with Crippen LogP contribution in [0.1, 0.15) is 17.2 Å². The first-order chi connectivity index (χ1) is 9.96. The molecule has 0 radical (unpaired) electrons. The van der Waals surface area contributed by atoms with Crippen LogP contribution in [0.25, 0.3) is 0 Å². The molecule has 0 saturated carbocycles. The Morgan fingerprint density at radius 1 is 1.19 bits per heavy atom. The summed E-state index contributed by atoms with van der Waals surface area (Å²) >= 11 is 12.9. The molecular formula is C15H13Br2ClFNO. The number of methoxy groups -OCH3 is 1. The van der Waals surface area contributed by atoms with Crippen molar-refractivity contribution in [2.75, 3.05) is 14.2 Å². The van der Waals surface area contributed by atoms with E-state index in [0.29, 0.717) is 15.2 Å². The molecule has 1 unspecified atom stereocenters. The fourth-order valence-electron chi connectivity index (χ4n) is 2.25. The first kappa shape index (κ1) is 16.7. The summed E-state index contributed by atoms with van der Waals surface area (Å²) in [5.74, 6) is 0.360. The number of nitrogens with one attached hydrogen (secondary N) is 1. The lowest BCUT2D eigenvalue weighted by atomic mass is 9.98. The van der Waals surface area contributed by atoms with E-state index in [2.05, 4.69) is 37.2 Å². The van der Waals surface area contributed by atoms with E-state index in [1.165, 1.54) is 12.1 Å². The van der Waals surface area contributed by atoms with E-state index in [-0.39, 0.29) is 11.9 Å². The number of hydrogen-bond acceptors (Lipinski definition) is 2. The maximum atomic E-state index is 13.7. The smallest absolute Gasteiger partial charge is 0.138 e. The number of ether oxygens (including phenoxy) is 1. The van der Waals surface area contributed by atoms with Crippen molar-refractivity contribution in [2.24, 2.45) is 0 Å². The van der Waals surface area contributed by atoms with Gasteiger partial charge in [-0.25, -0.2) is 4.39 Å². The van der Waals surface area contributed by atoms with Gasteiger partial charge in [0.1, 0.15) is 11.6 Å². The number of rotatable bonds is 4. The third-order valence-corrected chi connectivity index (χ3v) is 4.32. The minimum atomic E-state index is -0.306. The van der Waals surface area contributed by atoms with Crippen molar-refractivity contribution >= 4 is 43.5 Å². The van der Waals surface area contributed by atoms with Crippen molar-refractivity contribution in [2.45, 2.75) is 6.04 Å². The van der Waals surface area contributed by atoms with Crippen LogP contribution < -0.4 is 10.1 Å². The molecule has 21 heavy (non-hydrogen) atoms. The van der Waals surface area contributed by atoms with Gasteiger partial charge in [-0.2, -0.15) is 0 Å². The van der Waals surface area contributed by atoms with Gasteiger partial charge in [-0.3, -0.25) is 0 Å². The lowest BCUT2D eigenvalue weighted by Crippen LogP contribution is -2.19. The maximum Gasteiger partial charge on any atom is 0.138 e. The summed E-state index contributed by atoms with van der Waals surface area (Å²) in [7, 11) is 3.39. The predicted molar refractivity (Wildman–Crippen MR) is 90.7 cm³/mol. The maximum absolute atomic E-state index is 13.7. The summed E-state index contributed by atoms with van der Waals surface area (Å²) in [4.78, 5) is 0. The van der Waals surface area contributed by atoms with Crippen molar-refractivity contribution in [3.8, 4) is 5.75 Å². The van der Waals surface area contributed by atoms with Gasteiger partial charge in [-0.1, -0.05) is 27.5 Å². The minimum Gasteiger partial charge on any atom is -0.495 e. The van der Waals surface area contributed by atoms with Crippen LogP contribution in [0.3, 0.4) is 0 Å². The second-order valence-electron chi connectivity index (χ2n) is 4.43. The minimum absolute atomic E-state index is 0.248. The van der Waals surface area contributed by atoms with Gasteiger partial charge < -0.3 is 10.1 Å². The third kappa shape index (κ3) is 3.77. The van der Waals surface area contributed by atoms with E-state index in [0.717, 1.165) is 15.6 Å². The van der Waals surface area contributed by atoms with E-state index >= 15 is 0 Å². The molecule has 0 heterocycles. The van der Waals surface area contributed by atoms with Gasteiger partial charge in [-0.05, 0) is 58.9 Å². The Morgan fingerprint density at radius 2 is 1.90 bits per heavy atom. The standard InChI is InChI=1S/C15H13Br2ClFNO/c1-20-14(8-3-9(16)5-11(19)4-8)12-6-10(18)7-13(17)15(12)21-2/h3-7,14,20H,1-2H3. The van der Waals surface area contributed by atoms with Crippen LogP contribution in [-0.2, 0) is 0 Å². The summed E-state index contributed by atoms with van der Waals surface area (Å²) in [6.45, 7) is 0. The van der Waals surface area contributed by atoms with Crippen molar-refractivity contribution in [3.63, 3.8) is 0 Å². The van der Waals surface area contributed by atoms with Gasteiger partial charge in [0.25, 0.3) is 0 Å². The Hall–Kier alpha value is -0.620. The molecule has 0 amide bonds. The predicted octanol–water partition coefficient (Wildman–Crippen LogP) is 5.32. The number of hydrogen-bond donors (Lipinski definition) is 1. The van der Waals surface area contributed by atoms with Crippen LogP contribution in [0.4, 0.5) is 4.39 Å². The summed E-state index contributed by atoms with van der Waals surface area (Å²) in [6.07, 6.45) is 0. The van der Waals surface area contributed by atoms with Gasteiger partial charge in [0.05, 0.1) is 17.6 Å². The van der Waals surface area contributed by atoms with Gasteiger partial charge in [-0.15, -0.1) is 0 Å². The Morgan fingerprint density at radius 3 is 2.48 bits per heavy atom. The lowest BCUT2D eigenvalue weighted by Gasteiger charge is -2.21. The van der Waals surface area contributed by atoms with Gasteiger partial charge in [0.2, 0.25) is 0 Å². The van der Waals surface area contributed by atoms with Gasteiger partial charge in [0.15, 0.2) is 0 Å². The van der Waals surface area contributed by atoms with E-state index in [1.54, 1.807) is 20.2 Å². The largest absolute Gasteiger partial charge is 0.495 e. The Balaban J connectivity index is 2.61. The highest BCUT2D eigenvalue weighted by Gasteiger charge is 2.20. The first-order valence-electron chi connectivity index (χ1n) is 6.12. The molecular weight excluding hydrogens is 424 g/mol. The van der Waals surface area contributed by atoms with E-state index in [1.807, 2.05) is 12.1 Å². The van der Waals surface area contributed by atoms with Crippen molar-refractivity contribution in [3.05, 3.63) is 61.2 Å². The molecule has 0 saturated heterocycles. The second kappa shape index (κ2) is 7.09. The molecule has 112 valence electrons. The van der Waals surface area contributed by atoms with Crippen molar-refractivity contribution in [1.82, 2.24) is 5.32 Å². The molecule has 1 N–H and O–H groups in total. The molecule has 0 fully saturated rings. The molecule has 2 aromatic rings. The molecule has 0 spiro atoms. The summed E-state index contributed by atoms with van der Waals surface area (Å²) in [5, 5.41) is 3.75. The van der Waals surface area contributed by atoms with Crippen molar-refractivity contribution in [1.29, 1.82) is 0 Å². The average Bonchev–Trinajstić information content (AvgIpc) is 2.38. The molecule has 0 bridgehead atoms. The quantitative estimate of drug-likeness (QED) is 0.699. The molecule has 2 rings (SSSR count). The zero-order valence-electron chi connectivity index (χ0n) is 11.4. The molecule has 0 aliphatic carbocycles. The molecule has 2 nitrogen and oxygen atoms in total. The summed E-state index contributed by atoms with van der Waals surface area (Å²) in [5.41, 5.74) is 1.61. The number of benzene rings is 2. The zero-order chi connectivity index (χ0) is 15.6. The molecule has 1 atom stereocenters. The third-order valence-electron chi connectivity index (χ3n) is 3.06.